The van der Waals surface area contributed by atoms with Crippen molar-refractivity contribution in [1.82, 2.24) is 10.6 Å². The van der Waals surface area contributed by atoms with E-state index in [2.05, 4.69) is 10.6 Å². The van der Waals surface area contributed by atoms with Crippen LogP contribution in [0.5, 0.6) is 0 Å². The Balaban J connectivity index is 2.08. The standard InChI is InChI=1S/C19H16Cl4N2O/c1-9-17(10(2)26)18(13-5-3-11(20)7-15(13)22)25-19(24-9)14-6-4-12(21)8-16(14)23/h3-8,18-19,24-25H,1-2H3. The fourth-order valence-electron chi connectivity index (χ4n) is 3.15. The first-order valence-corrected chi connectivity index (χ1v) is 9.43. The molecule has 0 fully saturated rings. The molecular weight excluding hydrogens is 414 g/mol. The summed E-state index contributed by atoms with van der Waals surface area (Å²) in [6, 6.07) is 10.2. The molecule has 0 aliphatic carbocycles. The Morgan fingerprint density at radius 1 is 0.923 bits per heavy atom. The van der Waals surface area contributed by atoms with Gasteiger partial charge in [-0.05, 0) is 43.7 Å². The Hall–Kier alpha value is -1.23. The van der Waals surface area contributed by atoms with E-state index < -0.39 is 6.04 Å². The lowest BCUT2D eigenvalue weighted by atomic mass is 9.91. The van der Waals surface area contributed by atoms with Crippen LogP contribution in [0, 0.1) is 0 Å². The third kappa shape index (κ3) is 3.88. The van der Waals surface area contributed by atoms with Crippen LogP contribution in [-0.2, 0) is 4.79 Å². The highest BCUT2D eigenvalue weighted by Gasteiger charge is 2.32. The van der Waals surface area contributed by atoms with Crippen LogP contribution < -0.4 is 10.6 Å². The van der Waals surface area contributed by atoms with Crippen molar-refractivity contribution in [3.63, 3.8) is 0 Å². The number of rotatable bonds is 3. The lowest BCUT2D eigenvalue weighted by molar-refractivity contribution is -0.114. The second-order valence-electron chi connectivity index (χ2n) is 6.10. The fraction of sp³-hybridized carbons (Fsp3) is 0.211. The maximum Gasteiger partial charge on any atom is 0.159 e. The van der Waals surface area contributed by atoms with E-state index in [-0.39, 0.29) is 11.9 Å². The van der Waals surface area contributed by atoms with Crippen LogP contribution in [0.3, 0.4) is 0 Å². The molecule has 0 saturated carbocycles. The molecule has 1 aliphatic rings. The minimum atomic E-state index is -0.393. The Labute approximate surface area is 172 Å². The zero-order valence-electron chi connectivity index (χ0n) is 14.0. The summed E-state index contributed by atoms with van der Waals surface area (Å²) in [5.41, 5.74) is 2.99. The van der Waals surface area contributed by atoms with Gasteiger partial charge in [-0.15, -0.1) is 0 Å². The van der Waals surface area contributed by atoms with E-state index in [0.717, 1.165) is 16.8 Å². The van der Waals surface area contributed by atoms with Crippen molar-refractivity contribution in [2.24, 2.45) is 0 Å². The van der Waals surface area contributed by atoms with Crippen molar-refractivity contribution in [3.05, 3.63) is 78.9 Å². The zero-order chi connectivity index (χ0) is 19.0. The lowest BCUT2D eigenvalue weighted by Gasteiger charge is -2.36. The molecule has 2 unspecified atom stereocenters. The largest absolute Gasteiger partial charge is 0.369 e. The van der Waals surface area contributed by atoms with Gasteiger partial charge >= 0.3 is 0 Å². The van der Waals surface area contributed by atoms with Gasteiger partial charge < -0.3 is 5.32 Å². The van der Waals surface area contributed by atoms with Crippen molar-refractivity contribution < 1.29 is 4.79 Å². The number of allylic oxidation sites excluding steroid dienone is 1. The lowest BCUT2D eigenvalue weighted by Crippen LogP contribution is -2.43. The second kappa shape index (κ2) is 7.79. The highest BCUT2D eigenvalue weighted by atomic mass is 35.5. The molecule has 136 valence electrons. The summed E-state index contributed by atoms with van der Waals surface area (Å²) in [5.74, 6) is -0.0424. The van der Waals surface area contributed by atoms with Gasteiger partial charge in [-0.25, -0.2) is 0 Å². The van der Waals surface area contributed by atoms with Crippen molar-refractivity contribution >= 4 is 52.2 Å². The van der Waals surface area contributed by atoms with Crippen molar-refractivity contribution in [3.8, 4) is 0 Å². The van der Waals surface area contributed by atoms with Crippen LogP contribution >= 0.6 is 46.4 Å². The van der Waals surface area contributed by atoms with E-state index in [1.165, 1.54) is 6.92 Å². The number of halogens is 4. The summed E-state index contributed by atoms with van der Waals surface area (Å²) in [6.07, 6.45) is -0.306. The van der Waals surface area contributed by atoms with Gasteiger partial charge in [0.15, 0.2) is 5.78 Å². The van der Waals surface area contributed by atoms with Crippen LogP contribution in [-0.4, -0.2) is 5.78 Å². The number of nitrogens with one attached hydrogen (secondary N) is 2. The molecule has 2 aromatic rings. The summed E-state index contributed by atoms with van der Waals surface area (Å²) < 4.78 is 0. The van der Waals surface area contributed by atoms with Crippen molar-refractivity contribution in [1.29, 1.82) is 0 Å². The molecule has 0 aromatic heterocycles. The predicted octanol–water partition coefficient (Wildman–Crippen LogP) is 6.10. The molecule has 1 aliphatic heterocycles. The topological polar surface area (TPSA) is 41.1 Å². The number of carbonyl (C=O) groups is 1. The number of carbonyl (C=O) groups excluding carboxylic acids is 1. The van der Waals surface area contributed by atoms with Gasteiger partial charge in [-0.1, -0.05) is 58.5 Å². The van der Waals surface area contributed by atoms with Gasteiger partial charge in [0.1, 0.15) is 6.17 Å². The van der Waals surface area contributed by atoms with Gasteiger partial charge in [0.05, 0.1) is 6.04 Å². The minimum absolute atomic E-state index is 0.0424. The van der Waals surface area contributed by atoms with Crippen LogP contribution in [0.15, 0.2) is 47.7 Å². The second-order valence-corrected chi connectivity index (χ2v) is 7.79. The molecule has 0 radical (unpaired) electrons. The smallest absolute Gasteiger partial charge is 0.159 e. The average molecular weight is 430 g/mol. The summed E-state index contributed by atoms with van der Waals surface area (Å²) in [7, 11) is 0. The molecule has 1 heterocycles. The molecular formula is C19H16Cl4N2O. The van der Waals surface area contributed by atoms with Crippen molar-refractivity contribution in [2.45, 2.75) is 26.1 Å². The summed E-state index contributed by atoms with van der Waals surface area (Å²) >= 11 is 24.8. The summed E-state index contributed by atoms with van der Waals surface area (Å²) in [5, 5.41) is 8.85. The third-order valence-electron chi connectivity index (χ3n) is 4.31. The molecule has 0 spiro atoms. The normalized spacial score (nSPS) is 20.1. The molecule has 0 bridgehead atoms. The molecule has 3 rings (SSSR count). The molecule has 26 heavy (non-hydrogen) atoms. The molecule has 7 heteroatoms. The van der Waals surface area contributed by atoms with Gasteiger partial charge in [-0.2, -0.15) is 0 Å². The van der Waals surface area contributed by atoms with E-state index in [4.69, 9.17) is 46.4 Å². The maximum atomic E-state index is 12.3. The van der Waals surface area contributed by atoms with E-state index in [1.54, 1.807) is 24.3 Å². The first-order valence-electron chi connectivity index (χ1n) is 7.92. The highest BCUT2D eigenvalue weighted by molar-refractivity contribution is 6.35. The number of benzene rings is 2. The Kier molecular flexibility index (Phi) is 5.85. The highest BCUT2D eigenvalue weighted by Crippen LogP contribution is 2.37. The predicted molar refractivity (Wildman–Crippen MR) is 108 cm³/mol. The molecule has 2 aromatic carbocycles. The SMILES string of the molecule is CC(=O)C1=C(C)NC(c2ccc(Cl)cc2Cl)NC1c1ccc(Cl)cc1Cl. The van der Waals surface area contributed by atoms with Crippen molar-refractivity contribution in [2.75, 3.05) is 0 Å². The van der Waals surface area contributed by atoms with Gasteiger partial charge in [0.25, 0.3) is 0 Å². The van der Waals surface area contributed by atoms with Crippen LogP contribution in [0.1, 0.15) is 37.2 Å². The first kappa shape index (κ1) is 19.5. The first-order chi connectivity index (χ1) is 12.3. The molecule has 2 N–H and O–H groups in total. The van der Waals surface area contributed by atoms with E-state index in [1.807, 2.05) is 19.1 Å². The summed E-state index contributed by atoms with van der Waals surface area (Å²) in [4.78, 5) is 12.3. The van der Waals surface area contributed by atoms with E-state index >= 15 is 0 Å². The van der Waals surface area contributed by atoms with Gasteiger partial charge in [0.2, 0.25) is 0 Å². The number of hydrogen-bond donors (Lipinski definition) is 2. The zero-order valence-corrected chi connectivity index (χ0v) is 17.1. The average Bonchev–Trinajstić information content (AvgIpc) is 2.53. The Morgan fingerprint density at radius 2 is 1.46 bits per heavy atom. The van der Waals surface area contributed by atoms with Crippen LogP contribution in [0.25, 0.3) is 0 Å². The number of hydrogen-bond acceptors (Lipinski definition) is 3. The molecule has 2 atom stereocenters. The number of ketones is 1. The van der Waals surface area contributed by atoms with Gasteiger partial charge in [-0.3, -0.25) is 10.1 Å². The number of Topliss-reactive ketones (excluding diaryl/α,β-unsaturated/α-hetero) is 1. The van der Waals surface area contributed by atoms with E-state index in [0.29, 0.717) is 25.7 Å². The third-order valence-corrected chi connectivity index (χ3v) is 5.44. The Morgan fingerprint density at radius 3 is 1.96 bits per heavy atom. The fourth-order valence-corrected chi connectivity index (χ4v) is 4.19. The Bertz CT molecular complexity index is 910. The quantitative estimate of drug-likeness (QED) is 0.619. The molecule has 3 nitrogen and oxygen atoms in total. The monoisotopic (exact) mass is 428 g/mol. The van der Waals surface area contributed by atoms with Gasteiger partial charge in [0, 0.05) is 36.9 Å². The van der Waals surface area contributed by atoms with Crippen LogP contribution in [0.4, 0.5) is 0 Å². The minimum Gasteiger partial charge on any atom is -0.369 e. The summed E-state index contributed by atoms with van der Waals surface area (Å²) in [6.45, 7) is 3.40. The van der Waals surface area contributed by atoms with Crippen LogP contribution in [0.2, 0.25) is 20.1 Å². The van der Waals surface area contributed by atoms with E-state index in [9.17, 15) is 4.79 Å². The maximum absolute atomic E-state index is 12.3. The molecule has 0 saturated heterocycles. The molecule has 0 amide bonds.